The Bertz CT molecular complexity index is 1170. The van der Waals surface area contributed by atoms with E-state index in [2.05, 4.69) is 22.8 Å². The number of carbonyl (C=O) groups excluding carboxylic acids is 2. The Kier molecular flexibility index (Phi) is 7.45. The normalized spacial score (nSPS) is 13.7. The van der Waals surface area contributed by atoms with Gasteiger partial charge in [0.15, 0.2) is 6.04 Å². The quantitative estimate of drug-likeness (QED) is 0.421. The number of aliphatic carboxylic acids is 1. The van der Waals surface area contributed by atoms with Gasteiger partial charge < -0.3 is 20.5 Å². The number of ether oxygens (including phenoxy) is 1. The topological polar surface area (TPSA) is 105 Å². The largest absolute Gasteiger partial charge is 0.479 e. The third-order valence-electron chi connectivity index (χ3n) is 6.20. The molecule has 35 heavy (non-hydrogen) atoms. The van der Waals surface area contributed by atoms with Crippen molar-refractivity contribution in [3.8, 4) is 11.1 Å². The smallest absolute Gasteiger partial charge is 0.407 e. The SMILES string of the molecule is CCC[C@H](NC(=O)OCC1c2ccccc2-c2ccccc21)C(=O)N[C@@H](C(=O)O)c1ccccc1. The number of alkyl carbamates (subject to hydrolysis) is 1. The fourth-order valence-corrected chi connectivity index (χ4v) is 4.52. The van der Waals surface area contributed by atoms with E-state index in [1.807, 2.05) is 43.3 Å². The summed E-state index contributed by atoms with van der Waals surface area (Å²) in [4.78, 5) is 37.3. The predicted octanol–water partition coefficient (Wildman–Crippen LogP) is 4.64. The molecule has 0 saturated carbocycles. The monoisotopic (exact) mass is 472 g/mol. The lowest BCUT2D eigenvalue weighted by Crippen LogP contribution is -2.49. The first-order valence-corrected chi connectivity index (χ1v) is 11.7. The van der Waals surface area contributed by atoms with Crippen LogP contribution in [-0.2, 0) is 14.3 Å². The number of carboxylic acid groups (broad SMARTS) is 1. The van der Waals surface area contributed by atoms with Gasteiger partial charge in [-0.05, 0) is 34.2 Å². The molecule has 0 aliphatic heterocycles. The van der Waals surface area contributed by atoms with E-state index in [4.69, 9.17) is 4.74 Å². The van der Waals surface area contributed by atoms with Crippen molar-refractivity contribution >= 4 is 18.0 Å². The minimum absolute atomic E-state index is 0.0962. The third-order valence-corrected chi connectivity index (χ3v) is 6.20. The maximum Gasteiger partial charge on any atom is 0.407 e. The summed E-state index contributed by atoms with van der Waals surface area (Å²) in [6.45, 7) is 2.01. The van der Waals surface area contributed by atoms with Gasteiger partial charge in [0.25, 0.3) is 0 Å². The molecule has 0 radical (unpaired) electrons. The Balaban J connectivity index is 1.41. The van der Waals surface area contributed by atoms with E-state index in [0.717, 1.165) is 22.3 Å². The zero-order valence-corrected chi connectivity index (χ0v) is 19.4. The van der Waals surface area contributed by atoms with Crippen LogP contribution in [0.1, 0.15) is 48.4 Å². The van der Waals surface area contributed by atoms with Gasteiger partial charge in [-0.2, -0.15) is 0 Å². The summed E-state index contributed by atoms with van der Waals surface area (Å²) in [6.07, 6.45) is 0.245. The number of carboxylic acids is 1. The van der Waals surface area contributed by atoms with Crippen LogP contribution in [0.5, 0.6) is 0 Å². The predicted molar refractivity (Wildman–Crippen MR) is 132 cm³/mol. The van der Waals surface area contributed by atoms with E-state index in [9.17, 15) is 19.5 Å². The fraction of sp³-hybridized carbons (Fsp3) is 0.250. The van der Waals surface area contributed by atoms with Gasteiger partial charge >= 0.3 is 12.1 Å². The Hall–Kier alpha value is -4.13. The molecule has 3 aromatic carbocycles. The van der Waals surface area contributed by atoms with E-state index >= 15 is 0 Å². The summed E-state index contributed by atoms with van der Waals surface area (Å²) in [5.74, 6) is -1.85. The van der Waals surface area contributed by atoms with E-state index in [1.54, 1.807) is 30.3 Å². The molecule has 0 saturated heterocycles. The van der Waals surface area contributed by atoms with E-state index in [0.29, 0.717) is 18.4 Å². The first-order valence-electron chi connectivity index (χ1n) is 11.7. The molecular weight excluding hydrogens is 444 g/mol. The number of hydrogen-bond acceptors (Lipinski definition) is 4. The zero-order chi connectivity index (χ0) is 24.8. The molecule has 2 atom stereocenters. The summed E-state index contributed by atoms with van der Waals surface area (Å²) in [5.41, 5.74) is 4.89. The minimum Gasteiger partial charge on any atom is -0.479 e. The third kappa shape index (κ3) is 5.35. The Morgan fingerprint density at radius 3 is 2.00 bits per heavy atom. The van der Waals surface area contributed by atoms with Crippen molar-refractivity contribution in [1.29, 1.82) is 0 Å². The van der Waals surface area contributed by atoms with Crippen molar-refractivity contribution < 1.29 is 24.2 Å². The summed E-state index contributed by atoms with van der Waals surface area (Å²) in [5, 5.41) is 14.8. The second-order valence-electron chi connectivity index (χ2n) is 8.50. The Morgan fingerprint density at radius 1 is 0.857 bits per heavy atom. The van der Waals surface area contributed by atoms with Gasteiger partial charge in [0, 0.05) is 5.92 Å². The zero-order valence-electron chi connectivity index (χ0n) is 19.4. The number of hydrogen-bond donors (Lipinski definition) is 3. The highest BCUT2D eigenvalue weighted by Gasteiger charge is 2.30. The molecule has 7 heteroatoms. The summed E-state index contributed by atoms with van der Waals surface area (Å²) in [7, 11) is 0. The van der Waals surface area contributed by atoms with Crippen LogP contribution in [0.4, 0.5) is 4.79 Å². The molecule has 0 bridgehead atoms. The van der Waals surface area contributed by atoms with Crippen molar-refractivity contribution in [2.24, 2.45) is 0 Å². The number of carbonyl (C=O) groups is 3. The first-order chi connectivity index (χ1) is 17.0. The second kappa shape index (κ2) is 10.9. The number of fused-ring (bicyclic) bond motifs is 3. The average Bonchev–Trinajstić information content (AvgIpc) is 3.19. The summed E-state index contributed by atoms with van der Waals surface area (Å²) < 4.78 is 5.56. The van der Waals surface area contributed by atoms with Gasteiger partial charge in [-0.25, -0.2) is 9.59 Å². The van der Waals surface area contributed by atoms with Crippen LogP contribution in [0.3, 0.4) is 0 Å². The molecule has 7 nitrogen and oxygen atoms in total. The van der Waals surface area contributed by atoms with E-state index < -0.39 is 30.1 Å². The van der Waals surface area contributed by atoms with Crippen LogP contribution in [0.2, 0.25) is 0 Å². The average molecular weight is 473 g/mol. The number of rotatable bonds is 9. The molecule has 0 spiro atoms. The molecule has 1 aliphatic carbocycles. The van der Waals surface area contributed by atoms with E-state index in [1.165, 1.54) is 0 Å². The maximum absolute atomic E-state index is 12.9. The molecule has 0 fully saturated rings. The van der Waals surface area contributed by atoms with Gasteiger partial charge in [0.1, 0.15) is 12.6 Å². The fourth-order valence-electron chi connectivity index (χ4n) is 4.52. The van der Waals surface area contributed by atoms with Crippen LogP contribution in [0, 0.1) is 0 Å². The van der Waals surface area contributed by atoms with Crippen molar-refractivity contribution in [3.05, 3.63) is 95.6 Å². The summed E-state index contributed by atoms with van der Waals surface area (Å²) in [6, 6.07) is 22.4. The molecule has 180 valence electrons. The van der Waals surface area contributed by atoms with Crippen LogP contribution in [0.15, 0.2) is 78.9 Å². The number of benzene rings is 3. The van der Waals surface area contributed by atoms with Gasteiger partial charge in [0.05, 0.1) is 0 Å². The molecule has 2 amide bonds. The molecule has 1 aliphatic rings. The second-order valence-corrected chi connectivity index (χ2v) is 8.50. The Morgan fingerprint density at radius 2 is 1.43 bits per heavy atom. The highest BCUT2D eigenvalue weighted by Crippen LogP contribution is 2.44. The van der Waals surface area contributed by atoms with Crippen LogP contribution >= 0.6 is 0 Å². The lowest BCUT2D eigenvalue weighted by molar-refractivity contribution is -0.142. The molecule has 0 unspecified atom stereocenters. The standard InChI is InChI=1S/C28H28N2O5/c1-2-10-24(26(31)30-25(27(32)33)18-11-4-3-5-12-18)29-28(34)35-17-23-21-15-8-6-13-19(21)20-14-7-9-16-22(20)23/h3-9,11-16,23-25H,2,10,17H2,1H3,(H,29,34)(H,30,31)(H,32,33)/t24-,25+/m0/s1. The minimum atomic E-state index is -1.22. The van der Waals surface area contributed by atoms with Crippen LogP contribution in [0.25, 0.3) is 11.1 Å². The lowest BCUT2D eigenvalue weighted by atomic mass is 9.98. The van der Waals surface area contributed by atoms with Crippen molar-refractivity contribution in [2.75, 3.05) is 6.61 Å². The number of nitrogens with one attached hydrogen (secondary N) is 2. The first kappa shape index (κ1) is 24.0. The maximum atomic E-state index is 12.9. The van der Waals surface area contributed by atoms with Gasteiger partial charge in [0.2, 0.25) is 5.91 Å². The lowest BCUT2D eigenvalue weighted by Gasteiger charge is -2.22. The molecule has 3 N–H and O–H groups in total. The summed E-state index contributed by atoms with van der Waals surface area (Å²) >= 11 is 0. The number of amides is 2. The van der Waals surface area contributed by atoms with E-state index in [-0.39, 0.29) is 12.5 Å². The molecule has 3 aromatic rings. The van der Waals surface area contributed by atoms with Crippen molar-refractivity contribution in [3.63, 3.8) is 0 Å². The highest BCUT2D eigenvalue weighted by atomic mass is 16.5. The van der Waals surface area contributed by atoms with Gasteiger partial charge in [-0.1, -0.05) is 92.2 Å². The van der Waals surface area contributed by atoms with Gasteiger partial charge in [-0.15, -0.1) is 0 Å². The highest BCUT2D eigenvalue weighted by molar-refractivity contribution is 5.89. The van der Waals surface area contributed by atoms with Crippen LogP contribution < -0.4 is 10.6 Å². The molecule has 4 rings (SSSR count). The molecule has 0 heterocycles. The molecule has 0 aromatic heterocycles. The molecular formula is C28H28N2O5. The van der Waals surface area contributed by atoms with Crippen molar-refractivity contribution in [1.82, 2.24) is 10.6 Å². The van der Waals surface area contributed by atoms with Gasteiger partial charge in [-0.3, -0.25) is 4.79 Å². The van der Waals surface area contributed by atoms with Crippen LogP contribution in [-0.4, -0.2) is 35.7 Å². The Labute approximate surface area is 204 Å². The van der Waals surface area contributed by atoms with Crippen molar-refractivity contribution in [2.45, 2.75) is 37.8 Å².